The van der Waals surface area contributed by atoms with Crippen LogP contribution in [0.3, 0.4) is 0 Å². The molecule has 2 fully saturated rings. The van der Waals surface area contributed by atoms with Crippen LogP contribution in [0, 0.1) is 5.41 Å². The van der Waals surface area contributed by atoms with Gasteiger partial charge in [0.2, 0.25) is 5.91 Å². The van der Waals surface area contributed by atoms with E-state index in [9.17, 15) is 4.79 Å². The number of amides is 1. The Labute approximate surface area is 165 Å². The van der Waals surface area contributed by atoms with Gasteiger partial charge in [0.15, 0.2) is 0 Å². The standard InChI is InChI=1S/C22H28N2O2S/c25-21(6-12-26-16-18-4-2-1-3-5-18)24(15-19-7-13-27-17-19)20-14-22(20)8-10-23-11-9-22/h1-5,7,13,17,20,23H,6,8-12,14-16H2. The molecule has 2 aliphatic rings. The van der Waals surface area contributed by atoms with Crippen LogP contribution in [0.15, 0.2) is 47.2 Å². The highest BCUT2D eigenvalue weighted by molar-refractivity contribution is 7.07. The average Bonchev–Trinajstić information content (AvgIpc) is 3.13. The van der Waals surface area contributed by atoms with Crippen LogP contribution in [0.2, 0.25) is 0 Å². The van der Waals surface area contributed by atoms with E-state index in [4.69, 9.17) is 4.74 Å². The minimum absolute atomic E-state index is 0.231. The van der Waals surface area contributed by atoms with E-state index in [0.717, 1.165) is 31.6 Å². The third-order valence-corrected chi connectivity index (χ3v) is 6.68. The first-order valence-corrected chi connectivity index (χ1v) is 10.8. The summed E-state index contributed by atoms with van der Waals surface area (Å²) in [5.74, 6) is 0.231. The van der Waals surface area contributed by atoms with Crippen molar-refractivity contribution in [2.45, 2.75) is 44.9 Å². The molecule has 0 bridgehead atoms. The predicted molar refractivity (Wildman–Crippen MR) is 109 cm³/mol. The zero-order valence-corrected chi connectivity index (χ0v) is 16.5. The van der Waals surface area contributed by atoms with Gasteiger partial charge in [-0.15, -0.1) is 0 Å². The van der Waals surface area contributed by atoms with Crippen LogP contribution in [-0.4, -0.2) is 36.5 Å². The second kappa shape index (κ2) is 8.55. The van der Waals surface area contributed by atoms with Crippen LogP contribution in [0.25, 0.3) is 0 Å². The van der Waals surface area contributed by atoms with Crippen molar-refractivity contribution in [3.63, 3.8) is 0 Å². The van der Waals surface area contributed by atoms with Crippen molar-refractivity contribution in [1.29, 1.82) is 0 Å². The largest absolute Gasteiger partial charge is 0.376 e. The number of hydrogen-bond donors (Lipinski definition) is 1. The van der Waals surface area contributed by atoms with Crippen molar-refractivity contribution in [1.82, 2.24) is 10.2 Å². The maximum absolute atomic E-state index is 13.0. The van der Waals surface area contributed by atoms with Gasteiger partial charge in [-0.3, -0.25) is 4.79 Å². The first-order chi connectivity index (χ1) is 13.3. The summed E-state index contributed by atoms with van der Waals surface area (Å²) in [4.78, 5) is 15.2. The molecule has 1 unspecified atom stereocenters. The molecule has 2 aromatic rings. The molecule has 0 radical (unpaired) electrons. The minimum atomic E-state index is 0.231. The summed E-state index contributed by atoms with van der Waals surface area (Å²) in [7, 11) is 0. The maximum atomic E-state index is 13.0. The molecule has 1 spiro atoms. The Bertz CT molecular complexity index is 726. The number of ether oxygens (including phenoxy) is 1. The highest BCUT2D eigenvalue weighted by Gasteiger charge is 2.57. The molecule has 1 saturated carbocycles. The van der Waals surface area contributed by atoms with Gasteiger partial charge in [-0.25, -0.2) is 0 Å². The number of nitrogens with one attached hydrogen (secondary N) is 1. The maximum Gasteiger partial charge on any atom is 0.225 e. The van der Waals surface area contributed by atoms with E-state index >= 15 is 0 Å². The fraction of sp³-hybridized carbons (Fsp3) is 0.500. The quantitative estimate of drug-likeness (QED) is 0.704. The fourth-order valence-corrected chi connectivity index (χ4v) is 4.91. The fourth-order valence-electron chi connectivity index (χ4n) is 4.25. The van der Waals surface area contributed by atoms with Crippen molar-refractivity contribution in [2.24, 2.45) is 5.41 Å². The van der Waals surface area contributed by atoms with Gasteiger partial charge in [-0.1, -0.05) is 30.3 Å². The molecule has 1 aliphatic heterocycles. The van der Waals surface area contributed by atoms with Crippen LogP contribution in [0.4, 0.5) is 0 Å². The normalized spacial score (nSPS) is 20.5. The SMILES string of the molecule is O=C(CCOCc1ccccc1)N(Cc1ccsc1)C1CC12CCNCC2. The molecular weight excluding hydrogens is 356 g/mol. The third kappa shape index (κ3) is 4.60. The Morgan fingerprint density at radius 1 is 1.19 bits per heavy atom. The second-order valence-electron chi connectivity index (χ2n) is 7.77. The van der Waals surface area contributed by atoms with E-state index in [2.05, 4.69) is 39.2 Å². The van der Waals surface area contributed by atoms with Gasteiger partial charge in [0.05, 0.1) is 19.6 Å². The molecule has 4 rings (SSSR count). The van der Waals surface area contributed by atoms with Gasteiger partial charge >= 0.3 is 0 Å². The molecular formula is C22H28N2O2S. The summed E-state index contributed by atoms with van der Waals surface area (Å²) < 4.78 is 5.76. The van der Waals surface area contributed by atoms with E-state index in [-0.39, 0.29) is 5.91 Å². The van der Waals surface area contributed by atoms with Crippen molar-refractivity contribution in [2.75, 3.05) is 19.7 Å². The van der Waals surface area contributed by atoms with Crippen LogP contribution < -0.4 is 5.32 Å². The Hall–Kier alpha value is -1.69. The van der Waals surface area contributed by atoms with Gasteiger partial charge < -0.3 is 15.0 Å². The topological polar surface area (TPSA) is 41.6 Å². The number of carbonyl (C=O) groups is 1. The highest BCUT2D eigenvalue weighted by Crippen LogP contribution is 2.56. The summed E-state index contributed by atoms with van der Waals surface area (Å²) in [6.45, 7) is 3.95. The van der Waals surface area contributed by atoms with Crippen molar-refractivity contribution >= 4 is 17.2 Å². The number of hydrogen-bond acceptors (Lipinski definition) is 4. The second-order valence-corrected chi connectivity index (χ2v) is 8.55. The molecule has 2 heterocycles. The van der Waals surface area contributed by atoms with E-state index in [1.54, 1.807) is 11.3 Å². The van der Waals surface area contributed by atoms with Crippen molar-refractivity contribution < 1.29 is 9.53 Å². The lowest BCUT2D eigenvalue weighted by Gasteiger charge is -2.29. The molecule has 5 heteroatoms. The van der Waals surface area contributed by atoms with E-state index < -0.39 is 0 Å². The lowest BCUT2D eigenvalue weighted by atomic mass is 9.93. The summed E-state index contributed by atoms with van der Waals surface area (Å²) in [6.07, 6.45) is 4.00. The van der Waals surface area contributed by atoms with Crippen LogP contribution in [0.5, 0.6) is 0 Å². The molecule has 4 nitrogen and oxygen atoms in total. The molecule has 1 N–H and O–H groups in total. The van der Waals surface area contributed by atoms with E-state index in [1.165, 1.54) is 18.4 Å². The Morgan fingerprint density at radius 2 is 2.00 bits per heavy atom. The predicted octanol–water partition coefficient (Wildman–Crippen LogP) is 3.83. The van der Waals surface area contributed by atoms with Gasteiger partial charge in [-0.2, -0.15) is 11.3 Å². The van der Waals surface area contributed by atoms with Gasteiger partial charge in [0.1, 0.15) is 0 Å². The van der Waals surface area contributed by atoms with E-state index in [1.807, 2.05) is 18.2 Å². The number of thiophene rings is 1. The summed E-state index contributed by atoms with van der Waals surface area (Å²) in [5.41, 5.74) is 2.76. The Morgan fingerprint density at radius 3 is 2.74 bits per heavy atom. The van der Waals surface area contributed by atoms with Gasteiger partial charge in [-0.05, 0) is 65.7 Å². The van der Waals surface area contributed by atoms with Crippen molar-refractivity contribution in [3.05, 3.63) is 58.3 Å². The first-order valence-electron chi connectivity index (χ1n) is 9.90. The minimum Gasteiger partial charge on any atom is -0.376 e. The first kappa shape index (κ1) is 18.7. The zero-order valence-electron chi connectivity index (χ0n) is 15.7. The molecule has 1 atom stereocenters. The molecule has 1 aliphatic carbocycles. The van der Waals surface area contributed by atoms with Gasteiger partial charge in [0, 0.05) is 12.6 Å². The molecule has 1 amide bonds. The lowest BCUT2D eigenvalue weighted by molar-refractivity contribution is -0.134. The summed E-state index contributed by atoms with van der Waals surface area (Å²) in [5, 5.41) is 7.70. The number of nitrogens with zero attached hydrogens (tertiary/aromatic N) is 1. The molecule has 1 saturated heterocycles. The lowest BCUT2D eigenvalue weighted by Crippen LogP contribution is -2.39. The molecule has 144 valence electrons. The number of carbonyl (C=O) groups excluding carboxylic acids is 1. The Kier molecular flexibility index (Phi) is 5.91. The number of benzene rings is 1. The smallest absolute Gasteiger partial charge is 0.225 e. The molecule has 1 aromatic heterocycles. The van der Waals surface area contributed by atoms with Crippen LogP contribution in [0.1, 0.15) is 36.8 Å². The zero-order chi connectivity index (χ0) is 18.5. The molecule has 1 aromatic carbocycles. The van der Waals surface area contributed by atoms with Gasteiger partial charge in [0.25, 0.3) is 0 Å². The highest BCUT2D eigenvalue weighted by atomic mass is 32.1. The number of rotatable bonds is 8. The third-order valence-electron chi connectivity index (χ3n) is 5.95. The van der Waals surface area contributed by atoms with Crippen molar-refractivity contribution in [3.8, 4) is 0 Å². The van der Waals surface area contributed by atoms with E-state index in [0.29, 0.717) is 31.1 Å². The van der Waals surface area contributed by atoms with Crippen LogP contribution >= 0.6 is 11.3 Å². The summed E-state index contributed by atoms with van der Waals surface area (Å²) >= 11 is 1.70. The van der Waals surface area contributed by atoms with Crippen LogP contribution in [-0.2, 0) is 22.7 Å². The Balaban J connectivity index is 1.33. The summed E-state index contributed by atoms with van der Waals surface area (Å²) in [6, 6.07) is 12.7. The number of piperidine rings is 1. The monoisotopic (exact) mass is 384 g/mol. The average molecular weight is 385 g/mol. The molecule has 27 heavy (non-hydrogen) atoms.